The summed E-state index contributed by atoms with van der Waals surface area (Å²) < 4.78 is 17.6. The molecule has 2 aliphatic rings. The van der Waals surface area contributed by atoms with E-state index in [0.717, 1.165) is 83.6 Å². The fraction of sp³-hybridized carbons (Fsp3) is 0.333. The minimum Gasteiger partial charge on any atom is -0.465 e. The van der Waals surface area contributed by atoms with Crippen LogP contribution in [0.3, 0.4) is 0 Å². The van der Waals surface area contributed by atoms with Crippen molar-refractivity contribution in [1.82, 2.24) is 4.90 Å². The van der Waals surface area contributed by atoms with E-state index in [1.807, 2.05) is 30.3 Å². The third-order valence-corrected chi connectivity index (χ3v) is 8.39. The molecule has 5 nitrogen and oxygen atoms in total. The minimum atomic E-state index is -0.350. The number of nitrogens with zero attached hydrogens (tertiary/aromatic N) is 2. The third kappa shape index (κ3) is 6.35. The summed E-state index contributed by atoms with van der Waals surface area (Å²) in [5.41, 5.74) is 8.79. The normalized spacial score (nSPS) is 16.2. The van der Waals surface area contributed by atoms with Gasteiger partial charge in [0.15, 0.2) is 0 Å². The molecule has 0 amide bonds. The number of oxime groups is 1. The van der Waals surface area contributed by atoms with Crippen LogP contribution in [0.4, 0.5) is 4.39 Å². The van der Waals surface area contributed by atoms with Crippen molar-refractivity contribution in [1.29, 1.82) is 0 Å². The fourth-order valence-corrected chi connectivity index (χ4v) is 6.37. The van der Waals surface area contributed by atoms with Crippen LogP contribution in [0.15, 0.2) is 65.8 Å². The molecule has 8 heteroatoms. The first kappa shape index (κ1) is 29.3. The number of halogens is 3. The van der Waals surface area contributed by atoms with Gasteiger partial charge in [0.2, 0.25) is 0 Å². The lowest BCUT2D eigenvalue weighted by atomic mass is 9.85. The van der Waals surface area contributed by atoms with Crippen molar-refractivity contribution in [2.75, 3.05) is 40.5 Å². The molecular formula is C33H33Cl2FN2O3. The molecule has 0 atom stereocenters. The van der Waals surface area contributed by atoms with E-state index >= 15 is 0 Å². The van der Waals surface area contributed by atoms with Gasteiger partial charge in [-0.25, -0.2) is 4.79 Å². The molecule has 3 aromatic rings. The van der Waals surface area contributed by atoms with Gasteiger partial charge in [-0.2, -0.15) is 0 Å². The van der Waals surface area contributed by atoms with Crippen LogP contribution in [0.2, 0.25) is 10.0 Å². The largest absolute Gasteiger partial charge is 0.465 e. The molecule has 1 aliphatic heterocycles. The Morgan fingerprint density at radius 1 is 0.976 bits per heavy atom. The number of hydrogen-bond acceptors (Lipinski definition) is 5. The first-order valence-corrected chi connectivity index (χ1v) is 14.6. The highest BCUT2D eigenvalue weighted by Crippen LogP contribution is 2.42. The van der Waals surface area contributed by atoms with E-state index in [9.17, 15) is 9.18 Å². The van der Waals surface area contributed by atoms with Crippen molar-refractivity contribution in [2.24, 2.45) is 11.1 Å². The van der Waals surface area contributed by atoms with E-state index in [-0.39, 0.29) is 18.6 Å². The predicted molar refractivity (Wildman–Crippen MR) is 164 cm³/mol. The highest BCUT2D eigenvalue weighted by molar-refractivity contribution is 6.36. The molecule has 0 aromatic heterocycles. The van der Waals surface area contributed by atoms with E-state index in [4.69, 9.17) is 32.8 Å². The number of likely N-dealkylation sites (tertiary alicyclic amines) is 1. The second kappa shape index (κ2) is 13.2. The summed E-state index contributed by atoms with van der Waals surface area (Å²) in [4.78, 5) is 19.8. The summed E-state index contributed by atoms with van der Waals surface area (Å²) in [6, 6.07) is 19.8. The van der Waals surface area contributed by atoms with Crippen LogP contribution in [0.5, 0.6) is 0 Å². The number of alkyl halides is 1. The van der Waals surface area contributed by atoms with Crippen LogP contribution in [0.1, 0.15) is 57.4 Å². The maximum absolute atomic E-state index is 12.6. The molecule has 1 heterocycles. The number of methoxy groups -OCH3 is 1. The van der Waals surface area contributed by atoms with Crippen LogP contribution >= 0.6 is 23.2 Å². The van der Waals surface area contributed by atoms with E-state index in [1.165, 1.54) is 7.11 Å². The van der Waals surface area contributed by atoms with Gasteiger partial charge in [0, 0.05) is 35.6 Å². The van der Waals surface area contributed by atoms with Gasteiger partial charge in [-0.05, 0) is 88.9 Å². The monoisotopic (exact) mass is 594 g/mol. The Labute approximate surface area is 250 Å². The number of carbonyl (C=O) groups excluding carboxylic acids is 1. The predicted octanol–water partition coefficient (Wildman–Crippen LogP) is 7.72. The van der Waals surface area contributed by atoms with Crippen molar-refractivity contribution in [3.63, 3.8) is 0 Å². The molecule has 0 spiro atoms. The molecule has 0 unspecified atom stereocenters. The van der Waals surface area contributed by atoms with Gasteiger partial charge in [0.1, 0.15) is 7.11 Å². The Bertz CT molecular complexity index is 1480. The van der Waals surface area contributed by atoms with E-state index < -0.39 is 0 Å². The summed E-state index contributed by atoms with van der Waals surface area (Å²) in [5.74, 6) is -0.115. The van der Waals surface area contributed by atoms with Crippen LogP contribution < -0.4 is 0 Å². The van der Waals surface area contributed by atoms with Crippen LogP contribution in [-0.2, 0) is 16.0 Å². The van der Waals surface area contributed by atoms with Gasteiger partial charge in [-0.1, -0.05) is 64.8 Å². The smallest absolute Gasteiger partial charge is 0.337 e. The lowest BCUT2D eigenvalue weighted by Crippen LogP contribution is -2.50. The molecule has 1 fully saturated rings. The fourth-order valence-electron chi connectivity index (χ4n) is 5.84. The average Bonchev–Trinajstić information content (AvgIpc) is 3.14. The topological polar surface area (TPSA) is 51.1 Å². The van der Waals surface area contributed by atoms with Crippen LogP contribution in [0.25, 0.3) is 11.1 Å². The zero-order valence-electron chi connectivity index (χ0n) is 23.3. The van der Waals surface area contributed by atoms with E-state index in [0.29, 0.717) is 22.0 Å². The molecule has 0 bridgehead atoms. The first-order valence-electron chi connectivity index (χ1n) is 13.8. The van der Waals surface area contributed by atoms with Crippen molar-refractivity contribution >= 4 is 46.0 Å². The van der Waals surface area contributed by atoms with Crippen molar-refractivity contribution < 1.29 is 18.8 Å². The number of fused-ring (bicyclic) bond motifs is 1. The Morgan fingerprint density at radius 3 is 2.39 bits per heavy atom. The second-order valence-corrected chi connectivity index (χ2v) is 11.3. The summed E-state index contributed by atoms with van der Waals surface area (Å²) >= 11 is 13.0. The molecule has 214 valence electrons. The Morgan fingerprint density at radius 2 is 1.71 bits per heavy atom. The van der Waals surface area contributed by atoms with Gasteiger partial charge in [-0.3, -0.25) is 4.39 Å². The summed E-state index contributed by atoms with van der Waals surface area (Å²) in [5, 5.41) is 5.56. The summed E-state index contributed by atoms with van der Waals surface area (Å²) in [6.45, 7) is 2.13. The van der Waals surface area contributed by atoms with Gasteiger partial charge in [0.25, 0.3) is 0 Å². The Balaban J connectivity index is 1.57. The zero-order valence-corrected chi connectivity index (χ0v) is 24.8. The summed E-state index contributed by atoms with van der Waals surface area (Å²) in [7, 11) is 2.96. The molecular weight excluding hydrogens is 562 g/mol. The Hall–Kier alpha value is -3.19. The molecule has 3 aromatic carbocycles. The quantitative estimate of drug-likeness (QED) is 0.144. The molecule has 1 saturated heterocycles. The maximum atomic E-state index is 12.6. The van der Waals surface area contributed by atoms with Crippen molar-refractivity contribution in [2.45, 2.75) is 25.7 Å². The number of esters is 1. The van der Waals surface area contributed by atoms with Gasteiger partial charge in [0.05, 0.1) is 25.1 Å². The van der Waals surface area contributed by atoms with Crippen molar-refractivity contribution in [3.8, 4) is 0 Å². The molecule has 5 rings (SSSR count). The van der Waals surface area contributed by atoms with Crippen LogP contribution in [-0.4, -0.2) is 57.1 Å². The summed E-state index contributed by atoms with van der Waals surface area (Å²) in [6.07, 6.45) is 3.09. The second-order valence-electron chi connectivity index (χ2n) is 10.4. The minimum absolute atomic E-state index is 0.235. The van der Waals surface area contributed by atoms with Crippen molar-refractivity contribution in [3.05, 3.63) is 104 Å². The number of ether oxygens (including phenoxy) is 1. The molecule has 0 radical (unpaired) electrons. The number of rotatable bonds is 9. The number of benzene rings is 3. The zero-order chi connectivity index (χ0) is 28.9. The lowest BCUT2D eigenvalue weighted by molar-refractivity contribution is 0.0600. The standard InChI is InChI=1S/C33H33Cl2FN2O3/c1-40-33(39)24-11-13-27-23(17-24)5-3-6-29(28-14-12-26(34)18-30(28)35)31(27)21-7-9-22(10-8-21)32(37-41-2)25-19-38(20-25)16-4-15-36/h7-14,17-18,25H,3-6,15-16,19-20H2,1-2H3. The average molecular weight is 596 g/mol. The van der Waals surface area contributed by atoms with Gasteiger partial charge in [-0.15, -0.1) is 0 Å². The maximum Gasteiger partial charge on any atom is 0.337 e. The molecule has 0 N–H and O–H groups in total. The van der Waals surface area contributed by atoms with Gasteiger partial charge >= 0.3 is 5.97 Å². The highest BCUT2D eigenvalue weighted by atomic mass is 35.5. The molecule has 1 aliphatic carbocycles. The number of carbonyl (C=O) groups is 1. The van der Waals surface area contributed by atoms with Gasteiger partial charge < -0.3 is 14.5 Å². The number of hydrogen-bond donors (Lipinski definition) is 0. The first-order chi connectivity index (χ1) is 19.9. The highest BCUT2D eigenvalue weighted by Gasteiger charge is 2.32. The Kier molecular flexibility index (Phi) is 9.43. The molecule has 41 heavy (non-hydrogen) atoms. The van der Waals surface area contributed by atoms with E-state index in [1.54, 1.807) is 13.2 Å². The number of allylic oxidation sites excluding steroid dienone is 1. The number of aryl methyl sites for hydroxylation is 1. The van der Waals surface area contributed by atoms with E-state index in [2.05, 4.69) is 34.3 Å². The van der Waals surface area contributed by atoms with Crippen LogP contribution in [0, 0.1) is 5.92 Å². The SMILES string of the molecule is CON=C(c1ccc(C2=C(c3ccc(Cl)cc3Cl)CCCc3cc(C(=O)OC)ccc32)cc1)C1CN(CCCF)C1. The lowest BCUT2D eigenvalue weighted by Gasteiger charge is -2.39. The third-order valence-electron chi connectivity index (χ3n) is 7.84. The molecule has 0 saturated carbocycles.